The van der Waals surface area contributed by atoms with Gasteiger partial charge in [-0.15, -0.1) is 0 Å². The van der Waals surface area contributed by atoms with E-state index in [2.05, 4.69) is 18.7 Å². The van der Waals surface area contributed by atoms with Gasteiger partial charge >= 0.3 is 0 Å². The van der Waals surface area contributed by atoms with Crippen LogP contribution in [0.5, 0.6) is 11.5 Å². The van der Waals surface area contributed by atoms with Gasteiger partial charge in [-0.2, -0.15) is 12.6 Å². The van der Waals surface area contributed by atoms with Crippen LogP contribution in [0.2, 0.25) is 5.02 Å². The molecule has 0 aliphatic carbocycles. The number of ether oxygens (including phenoxy) is 2. The number of rotatable bonds is 8. The van der Waals surface area contributed by atoms with Gasteiger partial charge in [0.2, 0.25) is 0 Å². The Kier molecular flexibility index (Phi) is 7.08. The molecule has 0 fully saturated rings. The standard InChI is InChI=1S/C23H23ClO2S/c1-25-22-13-6-12-20(23(22)17-8-5-9-18(24)16-17)21(14-7-15-27)26-19-10-3-2-4-11-19/h2-6,8-13,16,21,27H,7,14-15H2,1H3. The average molecular weight is 399 g/mol. The van der Waals surface area contributed by atoms with E-state index in [9.17, 15) is 0 Å². The van der Waals surface area contributed by atoms with E-state index in [0.717, 1.165) is 46.8 Å². The molecule has 3 rings (SSSR count). The van der Waals surface area contributed by atoms with Crippen LogP contribution >= 0.6 is 24.2 Å². The van der Waals surface area contributed by atoms with E-state index in [1.807, 2.05) is 66.7 Å². The first-order valence-electron chi connectivity index (χ1n) is 8.98. The zero-order valence-electron chi connectivity index (χ0n) is 15.3. The third-order valence-corrected chi connectivity index (χ3v) is 4.94. The number of methoxy groups -OCH3 is 1. The number of thiol groups is 1. The van der Waals surface area contributed by atoms with Crippen molar-refractivity contribution in [1.82, 2.24) is 0 Å². The van der Waals surface area contributed by atoms with Crippen LogP contribution in [-0.2, 0) is 0 Å². The van der Waals surface area contributed by atoms with Crippen molar-refractivity contribution in [3.63, 3.8) is 0 Å². The second-order valence-electron chi connectivity index (χ2n) is 6.22. The molecule has 140 valence electrons. The maximum atomic E-state index is 6.37. The van der Waals surface area contributed by atoms with E-state index in [1.165, 1.54) is 0 Å². The van der Waals surface area contributed by atoms with Crippen molar-refractivity contribution < 1.29 is 9.47 Å². The van der Waals surface area contributed by atoms with Gasteiger partial charge in [0.05, 0.1) is 7.11 Å². The fourth-order valence-corrected chi connectivity index (χ4v) is 3.53. The number of halogens is 1. The first kappa shape index (κ1) is 19.7. The lowest BCUT2D eigenvalue weighted by Gasteiger charge is -2.24. The summed E-state index contributed by atoms with van der Waals surface area (Å²) in [4.78, 5) is 0. The molecule has 1 unspecified atom stereocenters. The monoisotopic (exact) mass is 398 g/mol. The second-order valence-corrected chi connectivity index (χ2v) is 7.10. The van der Waals surface area contributed by atoms with Crippen LogP contribution < -0.4 is 9.47 Å². The van der Waals surface area contributed by atoms with E-state index < -0.39 is 0 Å². The molecule has 0 amide bonds. The fourth-order valence-electron chi connectivity index (χ4n) is 3.16. The number of hydrogen-bond acceptors (Lipinski definition) is 3. The number of benzene rings is 3. The molecular formula is C23H23ClO2S. The lowest BCUT2D eigenvalue weighted by Crippen LogP contribution is -2.10. The smallest absolute Gasteiger partial charge is 0.127 e. The lowest BCUT2D eigenvalue weighted by molar-refractivity contribution is 0.194. The summed E-state index contributed by atoms with van der Waals surface area (Å²) >= 11 is 10.6. The molecule has 0 saturated heterocycles. The Balaban J connectivity index is 2.08. The quantitative estimate of drug-likeness (QED) is 0.418. The molecule has 27 heavy (non-hydrogen) atoms. The SMILES string of the molecule is COc1cccc(C(CCCS)Oc2ccccc2)c1-c1cccc(Cl)c1. The predicted octanol–water partition coefficient (Wildman–Crippen LogP) is 6.85. The molecule has 0 aliphatic heterocycles. The van der Waals surface area contributed by atoms with E-state index >= 15 is 0 Å². The molecule has 0 saturated carbocycles. The van der Waals surface area contributed by atoms with Crippen molar-refractivity contribution in [3.05, 3.63) is 83.4 Å². The highest BCUT2D eigenvalue weighted by atomic mass is 35.5. The van der Waals surface area contributed by atoms with E-state index in [4.69, 9.17) is 21.1 Å². The van der Waals surface area contributed by atoms with Crippen LogP contribution in [0.4, 0.5) is 0 Å². The van der Waals surface area contributed by atoms with E-state index in [-0.39, 0.29) is 6.10 Å². The van der Waals surface area contributed by atoms with Gasteiger partial charge in [-0.1, -0.05) is 54.1 Å². The molecule has 4 heteroatoms. The van der Waals surface area contributed by atoms with Gasteiger partial charge in [0, 0.05) is 16.1 Å². The highest BCUT2D eigenvalue weighted by Crippen LogP contribution is 2.40. The molecule has 0 heterocycles. The summed E-state index contributed by atoms with van der Waals surface area (Å²) in [5, 5.41) is 0.695. The van der Waals surface area contributed by atoms with Gasteiger partial charge < -0.3 is 9.47 Å². The van der Waals surface area contributed by atoms with Crippen LogP contribution in [0.15, 0.2) is 72.8 Å². The molecule has 3 aromatic rings. The summed E-state index contributed by atoms with van der Waals surface area (Å²) in [5.74, 6) is 2.47. The molecule has 0 spiro atoms. The molecule has 0 aromatic heterocycles. The van der Waals surface area contributed by atoms with Crippen molar-refractivity contribution in [2.75, 3.05) is 12.9 Å². The highest BCUT2D eigenvalue weighted by molar-refractivity contribution is 7.80. The Hall–Kier alpha value is -2.10. The Morgan fingerprint density at radius 2 is 1.74 bits per heavy atom. The zero-order valence-corrected chi connectivity index (χ0v) is 16.9. The first-order valence-corrected chi connectivity index (χ1v) is 9.99. The summed E-state index contributed by atoms with van der Waals surface area (Å²) in [6.07, 6.45) is 1.70. The second kappa shape index (κ2) is 9.72. The Labute approximate surface area is 171 Å². The average Bonchev–Trinajstić information content (AvgIpc) is 2.71. The summed E-state index contributed by atoms with van der Waals surface area (Å²) in [7, 11) is 1.69. The molecule has 0 N–H and O–H groups in total. The van der Waals surface area contributed by atoms with Gasteiger partial charge in [0.15, 0.2) is 0 Å². The molecule has 0 bridgehead atoms. The Morgan fingerprint density at radius 3 is 2.44 bits per heavy atom. The van der Waals surface area contributed by atoms with Crippen molar-refractivity contribution in [3.8, 4) is 22.6 Å². The molecule has 0 radical (unpaired) electrons. The minimum atomic E-state index is -0.108. The van der Waals surface area contributed by atoms with Crippen LogP contribution in [0.1, 0.15) is 24.5 Å². The Bertz CT molecular complexity index is 867. The molecular weight excluding hydrogens is 376 g/mol. The number of hydrogen-bond donors (Lipinski definition) is 1. The lowest BCUT2D eigenvalue weighted by atomic mass is 9.93. The summed E-state index contributed by atoms with van der Waals surface area (Å²) < 4.78 is 12.0. The first-order chi connectivity index (χ1) is 13.2. The van der Waals surface area contributed by atoms with Crippen LogP contribution in [-0.4, -0.2) is 12.9 Å². The third-order valence-electron chi connectivity index (χ3n) is 4.38. The topological polar surface area (TPSA) is 18.5 Å². The fraction of sp³-hybridized carbons (Fsp3) is 0.217. The highest BCUT2D eigenvalue weighted by Gasteiger charge is 2.21. The molecule has 1 atom stereocenters. The van der Waals surface area contributed by atoms with Gasteiger partial charge in [0.25, 0.3) is 0 Å². The minimum Gasteiger partial charge on any atom is -0.496 e. The normalized spacial score (nSPS) is 11.8. The maximum absolute atomic E-state index is 6.37. The van der Waals surface area contributed by atoms with Gasteiger partial charge in [-0.05, 0) is 54.5 Å². The van der Waals surface area contributed by atoms with Crippen molar-refractivity contribution in [2.24, 2.45) is 0 Å². The van der Waals surface area contributed by atoms with Crippen LogP contribution in [0.25, 0.3) is 11.1 Å². The van der Waals surface area contributed by atoms with Gasteiger partial charge in [-0.3, -0.25) is 0 Å². The van der Waals surface area contributed by atoms with E-state index in [0.29, 0.717) is 5.02 Å². The van der Waals surface area contributed by atoms with E-state index in [1.54, 1.807) is 7.11 Å². The summed E-state index contributed by atoms with van der Waals surface area (Å²) in [5.41, 5.74) is 3.12. The third kappa shape index (κ3) is 5.00. The van der Waals surface area contributed by atoms with Gasteiger partial charge in [0.1, 0.15) is 17.6 Å². The molecule has 0 aliphatic rings. The minimum absolute atomic E-state index is 0.108. The van der Waals surface area contributed by atoms with Crippen molar-refractivity contribution in [2.45, 2.75) is 18.9 Å². The van der Waals surface area contributed by atoms with Crippen molar-refractivity contribution >= 4 is 24.2 Å². The van der Waals surface area contributed by atoms with Crippen LogP contribution in [0.3, 0.4) is 0 Å². The Morgan fingerprint density at radius 1 is 0.963 bits per heavy atom. The summed E-state index contributed by atoms with van der Waals surface area (Å²) in [6.45, 7) is 0. The maximum Gasteiger partial charge on any atom is 0.127 e. The largest absolute Gasteiger partial charge is 0.496 e. The zero-order chi connectivity index (χ0) is 19.1. The van der Waals surface area contributed by atoms with Gasteiger partial charge in [-0.25, -0.2) is 0 Å². The number of para-hydroxylation sites is 1. The molecule has 3 aromatic carbocycles. The molecule has 2 nitrogen and oxygen atoms in total. The summed E-state index contributed by atoms with van der Waals surface area (Å²) in [6, 6.07) is 23.8. The van der Waals surface area contributed by atoms with Crippen LogP contribution in [0, 0.1) is 0 Å². The predicted molar refractivity (Wildman–Crippen MR) is 116 cm³/mol. The van der Waals surface area contributed by atoms with Crippen molar-refractivity contribution in [1.29, 1.82) is 0 Å².